The number of unbranched alkanes of at least 4 members (excludes halogenated alkanes) is 1. The fraction of sp³-hybridized carbons (Fsp3) is 0.533. The zero-order valence-corrected chi connectivity index (χ0v) is 11.8. The highest BCUT2D eigenvalue weighted by atomic mass is 15.2. The van der Waals surface area contributed by atoms with Gasteiger partial charge >= 0.3 is 0 Å². The molecule has 1 aromatic heterocycles. The Labute approximate surface area is 111 Å². The Morgan fingerprint density at radius 1 is 1.44 bits per heavy atom. The third kappa shape index (κ3) is 5.32. The van der Waals surface area contributed by atoms with Gasteiger partial charge in [-0.05, 0) is 25.0 Å². The van der Waals surface area contributed by atoms with E-state index in [4.69, 9.17) is 0 Å². The lowest BCUT2D eigenvalue weighted by molar-refractivity contribution is 0.581. The van der Waals surface area contributed by atoms with Crippen molar-refractivity contribution in [3.8, 4) is 0 Å². The van der Waals surface area contributed by atoms with E-state index in [0.29, 0.717) is 6.04 Å². The molecule has 0 radical (unpaired) electrons. The molecular weight excluding hydrogens is 222 g/mol. The molecule has 0 amide bonds. The van der Waals surface area contributed by atoms with E-state index in [9.17, 15) is 0 Å². The largest absolute Gasteiger partial charge is 0.360 e. The summed E-state index contributed by atoms with van der Waals surface area (Å²) in [5.41, 5.74) is 1.09. The third-order valence-electron chi connectivity index (χ3n) is 2.78. The molecule has 1 N–H and O–H groups in total. The SMILES string of the molecule is C=CCCCN(C)c1cccc(CNC(C)C)n1. The number of rotatable bonds is 8. The van der Waals surface area contributed by atoms with Gasteiger partial charge in [-0.1, -0.05) is 26.0 Å². The predicted molar refractivity (Wildman–Crippen MR) is 78.9 cm³/mol. The Morgan fingerprint density at radius 3 is 2.89 bits per heavy atom. The topological polar surface area (TPSA) is 28.2 Å². The molecule has 0 aliphatic heterocycles. The molecular formula is C15H25N3. The van der Waals surface area contributed by atoms with Crippen molar-refractivity contribution in [2.45, 2.75) is 39.3 Å². The Hall–Kier alpha value is -1.35. The van der Waals surface area contributed by atoms with Crippen LogP contribution in [0.25, 0.3) is 0 Å². The first kappa shape index (κ1) is 14.7. The first-order valence-electron chi connectivity index (χ1n) is 6.65. The van der Waals surface area contributed by atoms with Crippen LogP contribution in [0.4, 0.5) is 5.82 Å². The lowest BCUT2D eigenvalue weighted by atomic mass is 10.3. The van der Waals surface area contributed by atoms with Gasteiger partial charge in [0.2, 0.25) is 0 Å². The number of aromatic nitrogens is 1. The van der Waals surface area contributed by atoms with Crippen LogP contribution in [0.15, 0.2) is 30.9 Å². The molecule has 1 aromatic rings. The summed E-state index contributed by atoms with van der Waals surface area (Å²) in [6, 6.07) is 6.69. The zero-order chi connectivity index (χ0) is 13.4. The Bertz CT molecular complexity index is 361. The molecule has 3 heteroatoms. The summed E-state index contributed by atoms with van der Waals surface area (Å²) in [5, 5.41) is 3.39. The summed E-state index contributed by atoms with van der Waals surface area (Å²) < 4.78 is 0. The molecule has 0 atom stereocenters. The van der Waals surface area contributed by atoms with Crippen LogP contribution in [0.1, 0.15) is 32.4 Å². The van der Waals surface area contributed by atoms with Crippen LogP contribution < -0.4 is 10.2 Å². The highest BCUT2D eigenvalue weighted by molar-refractivity contribution is 5.38. The molecule has 0 unspecified atom stereocenters. The summed E-state index contributed by atoms with van der Waals surface area (Å²) in [5.74, 6) is 1.04. The summed E-state index contributed by atoms with van der Waals surface area (Å²) in [4.78, 5) is 6.86. The number of anilines is 1. The Kier molecular flexibility index (Phi) is 6.44. The fourth-order valence-corrected chi connectivity index (χ4v) is 1.67. The van der Waals surface area contributed by atoms with E-state index < -0.39 is 0 Å². The second kappa shape index (κ2) is 7.88. The van der Waals surface area contributed by atoms with Crippen molar-refractivity contribution in [3.63, 3.8) is 0 Å². The molecule has 100 valence electrons. The Morgan fingerprint density at radius 2 is 2.22 bits per heavy atom. The van der Waals surface area contributed by atoms with Crippen molar-refractivity contribution < 1.29 is 0 Å². The van der Waals surface area contributed by atoms with Crippen LogP contribution in [0, 0.1) is 0 Å². The first-order chi connectivity index (χ1) is 8.63. The molecule has 1 heterocycles. The van der Waals surface area contributed by atoms with Gasteiger partial charge in [0, 0.05) is 26.2 Å². The van der Waals surface area contributed by atoms with Crippen LogP contribution in [0.2, 0.25) is 0 Å². The molecule has 0 spiro atoms. The Balaban J connectivity index is 2.54. The summed E-state index contributed by atoms with van der Waals surface area (Å²) >= 11 is 0. The van der Waals surface area contributed by atoms with E-state index in [2.05, 4.69) is 60.9 Å². The molecule has 0 saturated heterocycles. The standard InChI is InChI=1S/C15H25N3/c1-5-6-7-11-18(4)15-10-8-9-14(17-15)12-16-13(2)3/h5,8-10,13,16H,1,6-7,11-12H2,2-4H3. The van der Waals surface area contributed by atoms with E-state index in [-0.39, 0.29) is 0 Å². The third-order valence-corrected chi connectivity index (χ3v) is 2.78. The van der Waals surface area contributed by atoms with Crippen LogP contribution >= 0.6 is 0 Å². The fourth-order valence-electron chi connectivity index (χ4n) is 1.67. The molecule has 18 heavy (non-hydrogen) atoms. The molecule has 0 aromatic carbocycles. The van der Waals surface area contributed by atoms with Crippen molar-refractivity contribution in [2.24, 2.45) is 0 Å². The van der Waals surface area contributed by atoms with Crippen molar-refractivity contribution >= 4 is 5.82 Å². The molecule has 3 nitrogen and oxygen atoms in total. The van der Waals surface area contributed by atoms with Gasteiger partial charge in [0.25, 0.3) is 0 Å². The summed E-state index contributed by atoms with van der Waals surface area (Å²) in [7, 11) is 2.09. The van der Waals surface area contributed by atoms with Gasteiger partial charge < -0.3 is 10.2 Å². The molecule has 0 saturated carbocycles. The van der Waals surface area contributed by atoms with Gasteiger partial charge in [0.05, 0.1) is 5.69 Å². The van der Waals surface area contributed by atoms with Crippen molar-refractivity contribution in [2.75, 3.05) is 18.5 Å². The molecule has 0 bridgehead atoms. The van der Waals surface area contributed by atoms with Crippen LogP contribution in [0.5, 0.6) is 0 Å². The number of nitrogens with zero attached hydrogens (tertiary/aromatic N) is 2. The number of hydrogen-bond acceptors (Lipinski definition) is 3. The van der Waals surface area contributed by atoms with E-state index in [0.717, 1.165) is 37.4 Å². The van der Waals surface area contributed by atoms with Gasteiger partial charge in [-0.2, -0.15) is 0 Å². The van der Waals surface area contributed by atoms with Crippen molar-refractivity contribution in [3.05, 3.63) is 36.5 Å². The average Bonchev–Trinajstić information content (AvgIpc) is 2.37. The van der Waals surface area contributed by atoms with Crippen molar-refractivity contribution in [1.29, 1.82) is 0 Å². The summed E-state index contributed by atoms with van der Waals surface area (Å²) in [6.07, 6.45) is 4.14. The quantitative estimate of drug-likeness (QED) is 0.565. The van der Waals surface area contributed by atoms with E-state index in [1.54, 1.807) is 0 Å². The van der Waals surface area contributed by atoms with E-state index in [1.807, 2.05) is 6.08 Å². The molecule has 1 rings (SSSR count). The minimum atomic E-state index is 0.487. The highest BCUT2D eigenvalue weighted by Gasteiger charge is 2.03. The van der Waals surface area contributed by atoms with Crippen LogP contribution in [0.3, 0.4) is 0 Å². The minimum Gasteiger partial charge on any atom is -0.360 e. The number of hydrogen-bond donors (Lipinski definition) is 1. The maximum atomic E-state index is 4.66. The maximum Gasteiger partial charge on any atom is 0.128 e. The lowest BCUT2D eigenvalue weighted by Gasteiger charge is -2.18. The normalized spacial score (nSPS) is 10.7. The monoisotopic (exact) mass is 247 g/mol. The van der Waals surface area contributed by atoms with Crippen LogP contribution in [-0.2, 0) is 6.54 Å². The molecule has 0 aliphatic carbocycles. The average molecular weight is 247 g/mol. The zero-order valence-electron chi connectivity index (χ0n) is 11.8. The predicted octanol–water partition coefficient (Wildman–Crippen LogP) is 2.98. The van der Waals surface area contributed by atoms with Gasteiger partial charge in [-0.3, -0.25) is 0 Å². The van der Waals surface area contributed by atoms with Gasteiger partial charge in [-0.25, -0.2) is 4.98 Å². The summed E-state index contributed by atoms with van der Waals surface area (Å²) in [6.45, 7) is 9.87. The smallest absolute Gasteiger partial charge is 0.128 e. The van der Waals surface area contributed by atoms with Gasteiger partial charge in [-0.15, -0.1) is 6.58 Å². The number of allylic oxidation sites excluding steroid dienone is 1. The van der Waals surface area contributed by atoms with Crippen LogP contribution in [-0.4, -0.2) is 24.6 Å². The van der Waals surface area contributed by atoms with E-state index >= 15 is 0 Å². The first-order valence-corrected chi connectivity index (χ1v) is 6.65. The number of pyridine rings is 1. The molecule has 0 aliphatic rings. The highest BCUT2D eigenvalue weighted by Crippen LogP contribution is 2.10. The number of nitrogens with one attached hydrogen (secondary N) is 1. The lowest BCUT2D eigenvalue weighted by Crippen LogP contribution is -2.24. The second-order valence-corrected chi connectivity index (χ2v) is 4.88. The van der Waals surface area contributed by atoms with Gasteiger partial charge in [0.1, 0.15) is 5.82 Å². The maximum absolute atomic E-state index is 4.66. The van der Waals surface area contributed by atoms with E-state index in [1.165, 1.54) is 0 Å². The second-order valence-electron chi connectivity index (χ2n) is 4.88. The van der Waals surface area contributed by atoms with Crippen molar-refractivity contribution in [1.82, 2.24) is 10.3 Å². The van der Waals surface area contributed by atoms with Gasteiger partial charge in [0.15, 0.2) is 0 Å². The molecule has 0 fully saturated rings. The minimum absolute atomic E-state index is 0.487.